The molecule has 1 aromatic carbocycles. The Labute approximate surface area is 118 Å². The number of hydrogen-bond donors (Lipinski definition) is 1. The van der Waals surface area contributed by atoms with Gasteiger partial charge in [-0.3, -0.25) is 0 Å². The maximum Gasteiger partial charge on any atom is 0.246 e. The Balaban J connectivity index is 1.76. The second-order valence-corrected chi connectivity index (χ2v) is 5.41. The van der Waals surface area contributed by atoms with Gasteiger partial charge in [0.05, 0.1) is 12.6 Å². The van der Waals surface area contributed by atoms with Crippen LogP contribution in [0.4, 0.5) is 0 Å². The molecule has 2 aromatic rings. The minimum atomic E-state index is -0.417. The molecular formula is C15H19N3O2. The second-order valence-electron chi connectivity index (χ2n) is 5.41. The van der Waals surface area contributed by atoms with Crippen LogP contribution >= 0.6 is 0 Å². The van der Waals surface area contributed by atoms with Gasteiger partial charge in [-0.2, -0.15) is 4.98 Å². The van der Waals surface area contributed by atoms with Crippen LogP contribution in [-0.4, -0.2) is 17.3 Å². The minimum Gasteiger partial charge on any atom is -0.497 e. The smallest absolute Gasteiger partial charge is 0.246 e. The molecule has 106 valence electrons. The minimum absolute atomic E-state index is 0.417. The zero-order valence-corrected chi connectivity index (χ0v) is 11.6. The standard InChI is InChI=1S/C15H19N3O2/c1-19-12-6-4-5-11(9-12)10-13-17-14(20-18-13)15(16)7-2-3-8-15/h4-6,9H,2-3,7-8,10,16H2,1H3. The van der Waals surface area contributed by atoms with Gasteiger partial charge in [0.25, 0.3) is 0 Å². The Morgan fingerprint density at radius 1 is 1.35 bits per heavy atom. The lowest BCUT2D eigenvalue weighted by atomic mass is 9.99. The van der Waals surface area contributed by atoms with Crippen LogP contribution in [0.5, 0.6) is 5.75 Å². The molecule has 3 rings (SSSR count). The Morgan fingerprint density at radius 2 is 2.15 bits per heavy atom. The largest absolute Gasteiger partial charge is 0.497 e. The van der Waals surface area contributed by atoms with Gasteiger partial charge in [-0.05, 0) is 30.5 Å². The molecule has 5 heteroatoms. The Kier molecular flexibility index (Phi) is 3.44. The van der Waals surface area contributed by atoms with Crippen LogP contribution < -0.4 is 10.5 Å². The molecule has 1 aromatic heterocycles. The normalized spacial score (nSPS) is 17.3. The fourth-order valence-electron chi connectivity index (χ4n) is 2.71. The van der Waals surface area contributed by atoms with Crippen LogP contribution in [0, 0.1) is 0 Å². The molecule has 20 heavy (non-hydrogen) atoms. The van der Waals surface area contributed by atoms with Gasteiger partial charge >= 0.3 is 0 Å². The van der Waals surface area contributed by atoms with E-state index in [0.717, 1.165) is 37.0 Å². The molecule has 0 saturated heterocycles. The highest BCUT2D eigenvalue weighted by Crippen LogP contribution is 2.35. The summed E-state index contributed by atoms with van der Waals surface area (Å²) in [7, 11) is 1.66. The molecule has 1 saturated carbocycles. The zero-order valence-electron chi connectivity index (χ0n) is 11.6. The van der Waals surface area contributed by atoms with E-state index < -0.39 is 5.54 Å². The molecule has 0 amide bonds. The third-order valence-corrected chi connectivity index (χ3v) is 3.89. The topological polar surface area (TPSA) is 74.2 Å². The average molecular weight is 273 g/mol. The monoisotopic (exact) mass is 273 g/mol. The lowest BCUT2D eigenvalue weighted by Gasteiger charge is -2.17. The van der Waals surface area contributed by atoms with Crippen molar-refractivity contribution in [3.63, 3.8) is 0 Å². The average Bonchev–Trinajstić information content (AvgIpc) is 3.09. The lowest BCUT2D eigenvalue weighted by Crippen LogP contribution is -2.33. The molecule has 0 radical (unpaired) electrons. The molecule has 1 heterocycles. The van der Waals surface area contributed by atoms with Crippen molar-refractivity contribution in [2.24, 2.45) is 5.73 Å². The second kappa shape index (κ2) is 5.25. The van der Waals surface area contributed by atoms with Gasteiger partial charge in [-0.25, -0.2) is 0 Å². The first kappa shape index (κ1) is 13.1. The fraction of sp³-hybridized carbons (Fsp3) is 0.467. The summed E-state index contributed by atoms with van der Waals surface area (Å²) in [6.45, 7) is 0. The van der Waals surface area contributed by atoms with E-state index in [1.54, 1.807) is 7.11 Å². The quantitative estimate of drug-likeness (QED) is 0.925. The van der Waals surface area contributed by atoms with E-state index in [1.807, 2.05) is 24.3 Å². The van der Waals surface area contributed by atoms with Crippen molar-refractivity contribution in [1.82, 2.24) is 10.1 Å². The summed E-state index contributed by atoms with van der Waals surface area (Å²) in [6.07, 6.45) is 4.73. The van der Waals surface area contributed by atoms with Crippen molar-refractivity contribution in [3.8, 4) is 5.75 Å². The van der Waals surface area contributed by atoms with Gasteiger partial charge in [0.1, 0.15) is 5.75 Å². The predicted molar refractivity (Wildman–Crippen MR) is 74.4 cm³/mol. The van der Waals surface area contributed by atoms with Crippen LogP contribution in [-0.2, 0) is 12.0 Å². The number of nitrogens with zero attached hydrogens (tertiary/aromatic N) is 2. The molecule has 2 N–H and O–H groups in total. The predicted octanol–water partition coefficient (Wildman–Crippen LogP) is 2.40. The first-order valence-corrected chi connectivity index (χ1v) is 6.94. The molecule has 0 atom stereocenters. The maximum atomic E-state index is 6.32. The molecule has 0 bridgehead atoms. The van der Waals surface area contributed by atoms with E-state index in [2.05, 4.69) is 10.1 Å². The number of hydrogen-bond acceptors (Lipinski definition) is 5. The van der Waals surface area contributed by atoms with Gasteiger partial charge in [0.2, 0.25) is 5.89 Å². The summed E-state index contributed by atoms with van der Waals surface area (Å²) in [4.78, 5) is 4.47. The molecule has 0 aliphatic heterocycles. The molecule has 1 aliphatic carbocycles. The molecule has 0 spiro atoms. The van der Waals surface area contributed by atoms with Gasteiger partial charge in [0.15, 0.2) is 5.82 Å². The van der Waals surface area contributed by atoms with Crippen LogP contribution in [0.3, 0.4) is 0 Å². The molecule has 1 aliphatic rings. The van der Waals surface area contributed by atoms with Gasteiger partial charge in [-0.1, -0.05) is 30.1 Å². The van der Waals surface area contributed by atoms with Crippen molar-refractivity contribution in [2.75, 3.05) is 7.11 Å². The third-order valence-electron chi connectivity index (χ3n) is 3.89. The van der Waals surface area contributed by atoms with E-state index in [-0.39, 0.29) is 0 Å². The number of rotatable bonds is 4. The Hall–Kier alpha value is -1.88. The van der Waals surface area contributed by atoms with Gasteiger partial charge in [0, 0.05) is 6.42 Å². The Morgan fingerprint density at radius 3 is 2.90 bits per heavy atom. The first-order valence-electron chi connectivity index (χ1n) is 6.94. The SMILES string of the molecule is COc1cccc(Cc2noc(C3(N)CCCC3)n2)c1. The van der Waals surface area contributed by atoms with E-state index in [4.69, 9.17) is 15.0 Å². The number of methoxy groups -OCH3 is 1. The summed E-state index contributed by atoms with van der Waals surface area (Å²) in [5, 5.41) is 4.05. The number of ether oxygens (including phenoxy) is 1. The van der Waals surface area contributed by atoms with E-state index in [0.29, 0.717) is 18.1 Å². The van der Waals surface area contributed by atoms with Crippen molar-refractivity contribution in [2.45, 2.75) is 37.6 Å². The Bertz CT molecular complexity index is 588. The van der Waals surface area contributed by atoms with Crippen molar-refractivity contribution in [1.29, 1.82) is 0 Å². The highest BCUT2D eigenvalue weighted by Gasteiger charge is 2.36. The van der Waals surface area contributed by atoms with Crippen molar-refractivity contribution >= 4 is 0 Å². The van der Waals surface area contributed by atoms with Crippen LogP contribution in [0.25, 0.3) is 0 Å². The molecule has 5 nitrogen and oxygen atoms in total. The van der Waals surface area contributed by atoms with Crippen molar-refractivity contribution < 1.29 is 9.26 Å². The lowest BCUT2D eigenvalue weighted by molar-refractivity contribution is 0.284. The molecule has 0 unspecified atom stereocenters. The summed E-state index contributed by atoms with van der Waals surface area (Å²) in [5.74, 6) is 2.08. The third kappa shape index (κ3) is 2.54. The molecular weight excluding hydrogens is 254 g/mol. The highest BCUT2D eigenvalue weighted by molar-refractivity contribution is 5.30. The zero-order chi connectivity index (χ0) is 14.0. The van der Waals surface area contributed by atoms with Crippen LogP contribution in [0.15, 0.2) is 28.8 Å². The number of benzene rings is 1. The van der Waals surface area contributed by atoms with Crippen molar-refractivity contribution in [3.05, 3.63) is 41.5 Å². The number of nitrogens with two attached hydrogens (primary N) is 1. The maximum absolute atomic E-state index is 6.32. The van der Waals surface area contributed by atoms with Gasteiger partial charge in [-0.15, -0.1) is 0 Å². The fourth-order valence-corrected chi connectivity index (χ4v) is 2.71. The highest BCUT2D eigenvalue weighted by atomic mass is 16.5. The van der Waals surface area contributed by atoms with Crippen LogP contribution in [0.2, 0.25) is 0 Å². The summed E-state index contributed by atoms with van der Waals surface area (Å²) >= 11 is 0. The summed E-state index contributed by atoms with van der Waals surface area (Å²) < 4.78 is 10.6. The summed E-state index contributed by atoms with van der Waals surface area (Å²) in [6, 6.07) is 7.87. The van der Waals surface area contributed by atoms with Gasteiger partial charge < -0.3 is 15.0 Å². The van der Waals surface area contributed by atoms with Crippen LogP contribution in [0.1, 0.15) is 43.0 Å². The molecule has 1 fully saturated rings. The van der Waals surface area contributed by atoms with E-state index in [1.165, 1.54) is 0 Å². The van der Waals surface area contributed by atoms with E-state index in [9.17, 15) is 0 Å². The number of aromatic nitrogens is 2. The summed E-state index contributed by atoms with van der Waals surface area (Å²) in [5.41, 5.74) is 6.99. The van der Waals surface area contributed by atoms with E-state index >= 15 is 0 Å². The first-order chi connectivity index (χ1) is 9.69.